The molecule has 0 radical (unpaired) electrons. The van der Waals surface area contributed by atoms with E-state index in [1.54, 1.807) is 23.9 Å². The van der Waals surface area contributed by atoms with Crippen LogP contribution in [0.25, 0.3) is 0 Å². The number of hydrogen-bond donors (Lipinski definition) is 1. The number of nitrogens with one attached hydrogen (secondary N) is 1. The average Bonchev–Trinajstić information content (AvgIpc) is 3.10. The molecular weight excluding hydrogens is 366 g/mol. The van der Waals surface area contributed by atoms with Crippen molar-refractivity contribution in [2.24, 2.45) is 0 Å². The van der Waals surface area contributed by atoms with Gasteiger partial charge in [-0.2, -0.15) is 11.8 Å². The molecule has 1 unspecified atom stereocenters. The predicted octanol–water partition coefficient (Wildman–Crippen LogP) is 5.04. The molecule has 5 nitrogen and oxygen atoms in total. The Morgan fingerprint density at radius 3 is 2.73 bits per heavy atom. The standard InChI is InChI=1S/C19H19N3O2S2/c1-13(26-19-22-21-17(24-19)12-25-2)15-9-6-10-16(11-15)20-18(23)14-7-4-3-5-8-14/h3-11,13H,12H2,1-2H3,(H,20,23). The van der Waals surface area contributed by atoms with Gasteiger partial charge in [0.1, 0.15) is 0 Å². The lowest BCUT2D eigenvalue weighted by molar-refractivity contribution is 0.102. The quantitative estimate of drug-likeness (QED) is 0.575. The Labute approximate surface area is 161 Å². The number of thioether (sulfide) groups is 2. The number of anilines is 1. The van der Waals surface area contributed by atoms with E-state index in [1.165, 1.54) is 11.8 Å². The van der Waals surface area contributed by atoms with Crippen molar-refractivity contribution in [2.45, 2.75) is 23.1 Å². The van der Waals surface area contributed by atoms with E-state index in [-0.39, 0.29) is 11.2 Å². The van der Waals surface area contributed by atoms with Gasteiger partial charge in [-0.3, -0.25) is 4.79 Å². The minimum Gasteiger partial charge on any atom is -0.415 e. The molecule has 0 bridgehead atoms. The van der Waals surface area contributed by atoms with Crippen molar-refractivity contribution in [3.8, 4) is 0 Å². The van der Waals surface area contributed by atoms with Gasteiger partial charge in [0.25, 0.3) is 11.1 Å². The van der Waals surface area contributed by atoms with Crippen LogP contribution in [0.5, 0.6) is 0 Å². The Kier molecular flexibility index (Phi) is 6.35. The molecule has 0 saturated heterocycles. The van der Waals surface area contributed by atoms with E-state index in [1.807, 2.05) is 48.7 Å². The fourth-order valence-electron chi connectivity index (χ4n) is 2.35. The minimum atomic E-state index is -0.123. The van der Waals surface area contributed by atoms with Crippen LogP contribution < -0.4 is 5.32 Å². The van der Waals surface area contributed by atoms with Gasteiger partial charge in [0.2, 0.25) is 5.89 Å². The van der Waals surface area contributed by atoms with Crippen LogP contribution in [0.1, 0.15) is 34.0 Å². The lowest BCUT2D eigenvalue weighted by Crippen LogP contribution is -2.11. The molecule has 1 N–H and O–H groups in total. The maximum absolute atomic E-state index is 12.3. The number of amides is 1. The second-order valence-corrected chi connectivity index (χ2v) is 7.76. The fraction of sp³-hybridized carbons (Fsp3) is 0.211. The summed E-state index contributed by atoms with van der Waals surface area (Å²) >= 11 is 3.15. The molecule has 26 heavy (non-hydrogen) atoms. The SMILES string of the molecule is CSCc1nnc(SC(C)c2cccc(NC(=O)c3ccccc3)c2)o1. The highest BCUT2D eigenvalue weighted by Gasteiger charge is 2.14. The average molecular weight is 386 g/mol. The van der Waals surface area contributed by atoms with Gasteiger partial charge in [-0.25, -0.2) is 0 Å². The third kappa shape index (κ3) is 4.89. The molecule has 0 aliphatic heterocycles. The molecule has 2 aromatic carbocycles. The van der Waals surface area contributed by atoms with E-state index < -0.39 is 0 Å². The molecular formula is C19H19N3O2S2. The molecule has 7 heteroatoms. The van der Waals surface area contributed by atoms with Crippen molar-refractivity contribution >= 4 is 35.1 Å². The minimum absolute atomic E-state index is 0.117. The second-order valence-electron chi connectivity index (χ2n) is 5.60. The Balaban J connectivity index is 1.66. The first-order valence-corrected chi connectivity index (χ1v) is 10.4. The molecule has 1 heterocycles. The van der Waals surface area contributed by atoms with Crippen LogP contribution in [0.15, 0.2) is 64.2 Å². The summed E-state index contributed by atoms with van der Waals surface area (Å²) in [7, 11) is 0. The van der Waals surface area contributed by atoms with Crippen LogP contribution in [0.3, 0.4) is 0 Å². The number of rotatable bonds is 7. The van der Waals surface area contributed by atoms with Crippen LogP contribution in [-0.2, 0) is 5.75 Å². The van der Waals surface area contributed by atoms with Gasteiger partial charge in [-0.15, -0.1) is 10.2 Å². The van der Waals surface area contributed by atoms with Crippen LogP contribution >= 0.6 is 23.5 Å². The second kappa shape index (κ2) is 8.91. The maximum Gasteiger partial charge on any atom is 0.277 e. The van der Waals surface area contributed by atoms with Crippen molar-refractivity contribution in [1.29, 1.82) is 0 Å². The van der Waals surface area contributed by atoms with Gasteiger partial charge in [0.15, 0.2) is 0 Å². The molecule has 3 rings (SSSR count). The summed E-state index contributed by atoms with van der Waals surface area (Å²) in [5.41, 5.74) is 2.47. The molecule has 1 atom stereocenters. The summed E-state index contributed by atoms with van der Waals surface area (Å²) in [5.74, 6) is 1.22. The lowest BCUT2D eigenvalue weighted by atomic mass is 10.1. The van der Waals surface area contributed by atoms with Gasteiger partial charge in [0, 0.05) is 16.5 Å². The number of aromatic nitrogens is 2. The third-order valence-corrected chi connectivity index (χ3v) is 5.17. The molecule has 1 aromatic heterocycles. The predicted molar refractivity (Wildman–Crippen MR) is 107 cm³/mol. The zero-order valence-electron chi connectivity index (χ0n) is 14.5. The van der Waals surface area contributed by atoms with Crippen molar-refractivity contribution in [1.82, 2.24) is 10.2 Å². The Morgan fingerprint density at radius 1 is 1.15 bits per heavy atom. The molecule has 0 saturated carbocycles. The van der Waals surface area contributed by atoms with E-state index in [9.17, 15) is 4.79 Å². The summed E-state index contributed by atoms with van der Waals surface area (Å²) in [4.78, 5) is 12.3. The summed E-state index contributed by atoms with van der Waals surface area (Å²) < 4.78 is 5.62. The lowest BCUT2D eigenvalue weighted by Gasteiger charge is -2.11. The van der Waals surface area contributed by atoms with Crippen LogP contribution in [0.2, 0.25) is 0 Å². The van der Waals surface area contributed by atoms with Gasteiger partial charge >= 0.3 is 0 Å². The molecule has 1 amide bonds. The Morgan fingerprint density at radius 2 is 1.96 bits per heavy atom. The van der Waals surface area contributed by atoms with Crippen molar-refractivity contribution in [3.63, 3.8) is 0 Å². The highest BCUT2D eigenvalue weighted by molar-refractivity contribution is 7.99. The summed E-state index contributed by atoms with van der Waals surface area (Å²) in [6.07, 6.45) is 1.99. The van der Waals surface area contributed by atoms with E-state index in [0.717, 1.165) is 11.3 Å². The topological polar surface area (TPSA) is 68.0 Å². The summed E-state index contributed by atoms with van der Waals surface area (Å²) in [6, 6.07) is 17.0. The van der Waals surface area contributed by atoms with E-state index in [2.05, 4.69) is 22.4 Å². The van der Waals surface area contributed by atoms with Crippen LogP contribution in [0, 0.1) is 0 Å². The van der Waals surface area contributed by atoms with Crippen molar-refractivity contribution < 1.29 is 9.21 Å². The van der Waals surface area contributed by atoms with Gasteiger partial charge in [0.05, 0.1) is 5.75 Å². The molecule has 134 valence electrons. The number of hydrogen-bond acceptors (Lipinski definition) is 6. The van der Waals surface area contributed by atoms with E-state index >= 15 is 0 Å². The molecule has 0 fully saturated rings. The number of carbonyl (C=O) groups excluding carboxylic acids is 1. The van der Waals surface area contributed by atoms with Gasteiger partial charge < -0.3 is 9.73 Å². The molecule has 0 spiro atoms. The number of nitrogens with zero attached hydrogens (tertiary/aromatic N) is 2. The highest BCUT2D eigenvalue weighted by atomic mass is 32.2. The van der Waals surface area contributed by atoms with E-state index in [0.29, 0.717) is 22.4 Å². The zero-order valence-corrected chi connectivity index (χ0v) is 16.1. The smallest absolute Gasteiger partial charge is 0.277 e. The third-order valence-electron chi connectivity index (χ3n) is 3.64. The molecule has 0 aliphatic rings. The normalized spacial score (nSPS) is 11.9. The summed E-state index contributed by atoms with van der Waals surface area (Å²) in [5, 5.41) is 11.7. The number of benzene rings is 2. The largest absolute Gasteiger partial charge is 0.415 e. The number of carbonyl (C=O) groups is 1. The highest BCUT2D eigenvalue weighted by Crippen LogP contribution is 2.35. The zero-order chi connectivity index (χ0) is 18.4. The Bertz CT molecular complexity index is 868. The van der Waals surface area contributed by atoms with Crippen molar-refractivity contribution in [3.05, 3.63) is 71.6 Å². The monoisotopic (exact) mass is 385 g/mol. The molecule has 0 aliphatic carbocycles. The van der Waals surface area contributed by atoms with Gasteiger partial charge in [-0.05, 0) is 43.0 Å². The molecule has 3 aromatic rings. The van der Waals surface area contributed by atoms with Crippen LogP contribution in [-0.4, -0.2) is 22.4 Å². The Hall–Kier alpha value is -2.25. The fourth-order valence-corrected chi connectivity index (χ4v) is 3.53. The maximum atomic E-state index is 12.3. The first-order valence-electron chi connectivity index (χ1n) is 8.10. The van der Waals surface area contributed by atoms with E-state index in [4.69, 9.17) is 4.42 Å². The van der Waals surface area contributed by atoms with Gasteiger partial charge in [-0.1, -0.05) is 42.1 Å². The summed E-state index contributed by atoms with van der Waals surface area (Å²) in [6.45, 7) is 2.07. The van der Waals surface area contributed by atoms with Crippen LogP contribution in [0.4, 0.5) is 5.69 Å². The van der Waals surface area contributed by atoms with Crippen molar-refractivity contribution in [2.75, 3.05) is 11.6 Å². The first kappa shape index (κ1) is 18.5. The first-order chi connectivity index (χ1) is 12.7.